The number of aromatic hydroxyl groups is 1. The summed E-state index contributed by atoms with van der Waals surface area (Å²) in [6.45, 7) is -0.0569. The predicted octanol–water partition coefficient (Wildman–Crippen LogP) is 1.96. The first-order valence-corrected chi connectivity index (χ1v) is 4.12. The fraction of sp³-hybridized carbons (Fsp3) is 0.111. The van der Waals surface area contributed by atoms with Gasteiger partial charge in [0.2, 0.25) is 0 Å². The molecule has 0 atom stereocenters. The number of phenolic OH excluding ortho intramolecular Hbond substituents is 1. The summed E-state index contributed by atoms with van der Waals surface area (Å²) < 4.78 is 0. The normalized spacial score (nSPS) is 8.50. The number of nitro benzene ring substituents is 1. The maximum absolute atomic E-state index is 10.4. The molecule has 16 heavy (non-hydrogen) atoms. The van der Waals surface area contributed by atoms with Gasteiger partial charge >= 0.3 is 0 Å². The molecule has 0 spiro atoms. The van der Waals surface area contributed by atoms with E-state index in [1.165, 1.54) is 12.1 Å². The third-order valence-corrected chi connectivity index (χ3v) is 1.63. The van der Waals surface area contributed by atoms with Crippen LogP contribution in [-0.2, 0) is 0 Å². The Morgan fingerprint density at radius 1 is 1.62 bits per heavy atom. The van der Waals surface area contributed by atoms with Crippen molar-refractivity contribution in [2.75, 3.05) is 6.54 Å². The first-order chi connectivity index (χ1) is 7.65. The highest BCUT2D eigenvalue weighted by atomic mass is 16.6. The first kappa shape index (κ1) is 11.4. The van der Waals surface area contributed by atoms with E-state index >= 15 is 0 Å². The van der Waals surface area contributed by atoms with E-state index in [-0.39, 0.29) is 23.5 Å². The molecule has 0 radical (unpaired) electrons. The van der Waals surface area contributed by atoms with Gasteiger partial charge in [-0.2, -0.15) is 0 Å². The Balaban J connectivity index is 3.01. The van der Waals surface area contributed by atoms with Crippen molar-refractivity contribution < 1.29 is 10.0 Å². The minimum Gasteiger partial charge on any atom is -0.507 e. The molecule has 0 aliphatic rings. The molecule has 0 heterocycles. The number of benzene rings is 1. The highest BCUT2D eigenvalue weighted by Crippen LogP contribution is 2.21. The maximum Gasteiger partial charge on any atom is 0.270 e. The Labute approximate surface area is 90.1 Å². The van der Waals surface area contributed by atoms with E-state index in [0.717, 1.165) is 6.07 Å². The number of hydrogen-bond acceptors (Lipinski definition) is 4. The molecule has 0 saturated carbocycles. The molecule has 0 aliphatic carbocycles. The molecule has 1 aromatic carbocycles. The smallest absolute Gasteiger partial charge is 0.270 e. The standard InChI is InChI=1S/C9H6N4O3/c10-12-11-5-1-2-7-6-8(13(15)16)3-4-9(7)14/h3-4,6,14H,5H2. The van der Waals surface area contributed by atoms with Crippen LogP contribution in [0.5, 0.6) is 5.75 Å². The summed E-state index contributed by atoms with van der Waals surface area (Å²) in [6, 6.07) is 3.52. The second-order valence-corrected chi connectivity index (χ2v) is 2.65. The molecule has 0 saturated heterocycles. The number of azide groups is 1. The van der Waals surface area contributed by atoms with E-state index in [2.05, 4.69) is 21.9 Å². The van der Waals surface area contributed by atoms with Crippen molar-refractivity contribution in [2.45, 2.75) is 0 Å². The molecule has 0 unspecified atom stereocenters. The summed E-state index contributed by atoms with van der Waals surface area (Å²) >= 11 is 0. The summed E-state index contributed by atoms with van der Waals surface area (Å²) in [7, 11) is 0. The molecule has 0 amide bonds. The van der Waals surface area contributed by atoms with Gasteiger partial charge in [-0.25, -0.2) is 0 Å². The zero-order valence-electron chi connectivity index (χ0n) is 7.99. The van der Waals surface area contributed by atoms with E-state index in [1.807, 2.05) is 0 Å². The molecule has 1 aromatic rings. The van der Waals surface area contributed by atoms with E-state index in [1.54, 1.807) is 0 Å². The van der Waals surface area contributed by atoms with Crippen LogP contribution >= 0.6 is 0 Å². The minimum atomic E-state index is -0.585. The highest BCUT2D eigenvalue weighted by molar-refractivity contribution is 5.51. The van der Waals surface area contributed by atoms with Crippen LogP contribution in [-0.4, -0.2) is 16.6 Å². The van der Waals surface area contributed by atoms with Crippen LogP contribution in [0.2, 0.25) is 0 Å². The van der Waals surface area contributed by atoms with Crippen molar-refractivity contribution >= 4 is 5.69 Å². The van der Waals surface area contributed by atoms with Gasteiger partial charge < -0.3 is 5.11 Å². The van der Waals surface area contributed by atoms with Gasteiger partial charge in [0, 0.05) is 17.0 Å². The summed E-state index contributed by atoms with van der Waals surface area (Å²) in [4.78, 5) is 12.4. The van der Waals surface area contributed by atoms with Gasteiger partial charge in [0.1, 0.15) is 5.75 Å². The molecule has 0 aliphatic heterocycles. The minimum absolute atomic E-state index is 0.0569. The lowest BCUT2D eigenvalue weighted by molar-refractivity contribution is -0.384. The van der Waals surface area contributed by atoms with Crippen LogP contribution in [0.25, 0.3) is 10.4 Å². The molecule has 0 bridgehead atoms. The third-order valence-electron chi connectivity index (χ3n) is 1.63. The van der Waals surface area contributed by atoms with Crippen LogP contribution in [0.3, 0.4) is 0 Å². The Morgan fingerprint density at radius 3 is 3.00 bits per heavy atom. The Kier molecular flexibility index (Phi) is 3.72. The fourth-order valence-corrected chi connectivity index (χ4v) is 0.939. The summed E-state index contributed by atoms with van der Waals surface area (Å²) in [5.41, 5.74) is 7.95. The average molecular weight is 218 g/mol. The van der Waals surface area contributed by atoms with Crippen molar-refractivity contribution in [3.8, 4) is 17.6 Å². The van der Waals surface area contributed by atoms with Crippen molar-refractivity contribution in [1.29, 1.82) is 0 Å². The molecule has 0 fully saturated rings. The Morgan fingerprint density at radius 2 is 2.38 bits per heavy atom. The lowest BCUT2D eigenvalue weighted by atomic mass is 10.2. The van der Waals surface area contributed by atoms with Crippen molar-refractivity contribution in [1.82, 2.24) is 0 Å². The van der Waals surface area contributed by atoms with Gasteiger partial charge in [0.25, 0.3) is 5.69 Å². The monoisotopic (exact) mass is 218 g/mol. The van der Waals surface area contributed by atoms with Crippen LogP contribution in [0, 0.1) is 22.0 Å². The lowest BCUT2D eigenvalue weighted by Gasteiger charge is -1.96. The van der Waals surface area contributed by atoms with Gasteiger partial charge in [-0.15, -0.1) is 0 Å². The van der Waals surface area contributed by atoms with Gasteiger partial charge in [0.05, 0.1) is 17.0 Å². The van der Waals surface area contributed by atoms with Gasteiger partial charge in [-0.1, -0.05) is 17.0 Å². The summed E-state index contributed by atoms with van der Waals surface area (Å²) in [5, 5.41) is 23.0. The zero-order chi connectivity index (χ0) is 12.0. The van der Waals surface area contributed by atoms with E-state index < -0.39 is 4.92 Å². The topological polar surface area (TPSA) is 112 Å². The first-order valence-electron chi connectivity index (χ1n) is 4.12. The van der Waals surface area contributed by atoms with Crippen LogP contribution in [0.4, 0.5) is 5.69 Å². The maximum atomic E-state index is 10.4. The van der Waals surface area contributed by atoms with Crippen molar-refractivity contribution in [3.63, 3.8) is 0 Å². The number of non-ortho nitro benzene ring substituents is 1. The third kappa shape index (κ3) is 2.90. The summed E-state index contributed by atoms with van der Waals surface area (Å²) in [5.74, 6) is 4.78. The molecule has 7 nitrogen and oxygen atoms in total. The van der Waals surface area contributed by atoms with E-state index in [0.29, 0.717) is 0 Å². The van der Waals surface area contributed by atoms with E-state index in [9.17, 15) is 15.2 Å². The zero-order valence-corrected chi connectivity index (χ0v) is 7.99. The summed E-state index contributed by atoms with van der Waals surface area (Å²) in [6.07, 6.45) is 0. The molecule has 80 valence electrons. The number of phenols is 1. The SMILES string of the molecule is [N-]=[N+]=NCC#Cc1cc([N+](=O)[O-])ccc1O. The van der Waals surface area contributed by atoms with Gasteiger partial charge in [-0.05, 0) is 11.6 Å². The molecule has 7 heteroatoms. The largest absolute Gasteiger partial charge is 0.507 e. The van der Waals surface area contributed by atoms with Gasteiger partial charge in [-0.3, -0.25) is 10.1 Å². The molecular formula is C9H6N4O3. The second kappa shape index (κ2) is 5.24. The fourth-order valence-electron chi connectivity index (χ4n) is 0.939. The molecule has 1 rings (SSSR count). The molecule has 0 aromatic heterocycles. The van der Waals surface area contributed by atoms with E-state index in [4.69, 9.17) is 5.53 Å². The van der Waals surface area contributed by atoms with Crippen LogP contribution in [0.15, 0.2) is 23.3 Å². The molecule has 1 N–H and O–H groups in total. The predicted molar refractivity (Wildman–Crippen MR) is 55.7 cm³/mol. The number of hydrogen-bond donors (Lipinski definition) is 1. The number of nitro groups is 1. The van der Waals surface area contributed by atoms with Crippen molar-refractivity contribution in [2.24, 2.45) is 5.11 Å². The van der Waals surface area contributed by atoms with Crippen LogP contribution in [0.1, 0.15) is 5.56 Å². The number of nitrogens with zero attached hydrogens (tertiary/aromatic N) is 4. The average Bonchev–Trinajstić information content (AvgIpc) is 2.26. The molecular weight excluding hydrogens is 212 g/mol. The second-order valence-electron chi connectivity index (χ2n) is 2.65. The Hall–Kier alpha value is -2.71. The number of rotatable bonds is 2. The lowest BCUT2D eigenvalue weighted by Crippen LogP contribution is -1.88. The van der Waals surface area contributed by atoms with Gasteiger partial charge in [0.15, 0.2) is 0 Å². The Bertz CT molecular complexity index is 523. The quantitative estimate of drug-likeness (QED) is 0.204. The van der Waals surface area contributed by atoms with Crippen molar-refractivity contribution in [3.05, 3.63) is 44.3 Å². The highest BCUT2D eigenvalue weighted by Gasteiger charge is 2.08. The van der Waals surface area contributed by atoms with Crippen LogP contribution < -0.4 is 0 Å².